The summed E-state index contributed by atoms with van der Waals surface area (Å²) in [5.74, 6) is 0.931. The first-order valence-electron chi connectivity index (χ1n) is 11.2. The number of rotatable bonds is 8. The Hall–Kier alpha value is -2.20. The zero-order chi connectivity index (χ0) is 24.5. The van der Waals surface area contributed by atoms with Crippen LogP contribution in [0.5, 0.6) is 0 Å². The number of thioether (sulfide) groups is 1. The quantitative estimate of drug-likeness (QED) is 0.447. The summed E-state index contributed by atoms with van der Waals surface area (Å²) in [5.41, 5.74) is 5.87. The van der Waals surface area contributed by atoms with Crippen LogP contribution in [0.3, 0.4) is 0 Å². The zero-order valence-corrected chi connectivity index (χ0v) is 21.6. The lowest BCUT2D eigenvalue weighted by atomic mass is 9.86. The number of hydrogen-bond donors (Lipinski definition) is 1. The number of hydrogen-bond acceptors (Lipinski definition) is 6. The number of benzene rings is 2. The van der Waals surface area contributed by atoms with Crippen LogP contribution in [0.25, 0.3) is 5.69 Å². The maximum atomic E-state index is 12.7. The zero-order valence-electron chi connectivity index (χ0n) is 19.2. The van der Waals surface area contributed by atoms with Crippen LogP contribution in [-0.4, -0.2) is 34.7 Å². The average molecular weight is 519 g/mol. The summed E-state index contributed by atoms with van der Waals surface area (Å²) in [7, 11) is -3.85. The molecule has 0 bridgehead atoms. The van der Waals surface area contributed by atoms with Gasteiger partial charge in [0.05, 0.1) is 16.3 Å². The van der Waals surface area contributed by atoms with Crippen molar-refractivity contribution in [3.05, 3.63) is 63.4 Å². The van der Waals surface area contributed by atoms with Crippen LogP contribution < -0.4 is 5.14 Å². The second-order valence-corrected chi connectivity index (χ2v) is 11.3. The van der Waals surface area contributed by atoms with Crippen molar-refractivity contribution < 1.29 is 13.2 Å². The number of nitrogens with two attached hydrogens (primary N) is 1. The number of ketones is 1. The number of aromatic nitrogens is 3. The molecule has 0 unspecified atom stereocenters. The standard InChI is InChI=1S/C24H27ClN4O3S2/c1-3-16-9-11-23(21-7-5-4-6-20(16)21)29-15(2)27-28-24(29)33-14-18(30)12-17-8-10-19(13-22(17)25)34(26,31)32/h8-11,13H,3-7,12,14H2,1-2H3,(H2,26,31,32). The molecule has 1 aliphatic carbocycles. The SMILES string of the molecule is CCc1ccc(-n2c(C)nnc2SCC(=O)Cc2ccc(S(N)(=O)=O)cc2Cl)c2c1CCCC2. The molecule has 7 nitrogen and oxygen atoms in total. The van der Waals surface area contributed by atoms with E-state index in [1.165, 1.54) is 59.5 Å². The minimum atomic E-state index is -3.85. The number of sulfonamides is 1. The minimum Gasteiger partial charge on any atom is -0.298 e. The van der Waals surface area contributed by atoms with Gasteiger partial charge >= 0.3 is 0 Å². The Bertz CT molecular complexity index is 1350. The molecule has 10 heteroatoms. The summed E-state index contributed by atoms with van der Waals surface area (Å²) in [5, 5.41) is 14.6. The Kier molecular flexibility index (Phi) is 7.47. The highest BCUT2D eigenvalue weighted by Crippen LogP contribution is 2.33. The largest absolute Gasteiger partial charge is 0.298 e. The van der Waals surface area contributed by atoms with Crippen molar-refractivity contribution in [2.24, 2.45) is 5.14 Å². The molecule has 34 heavy (non-hydrogen) atoms. The first-order chi connectivity index (χ1) is 16.2. The summed E-state index contributed by atoms with van der Waals surface area (Å²) in [6.45, 7) is 4.12. The molecular formula is C24H27ClN4O3S2. The third-order valence-electron chi connectivity index (χ3n) is 6.13. The van der Waals surface area contributed by atoms with Gasteiger partial charge in [0.25, 0.3) is 0 Å². The number of fused-ring (bicyclic) bond motifs is 1. The molecule has 2 N–H and O–H groups in total. The molecule has 0 saturated carbocycles. The van der Waals surface area contributed by atoms with Crippen LogP contribution in [0, 0.1) is 6.92 Å². The number of nitrogens with zero attached hydrogens (tertiary/aromatic N) is 3. The number of aryl methyl sites for hydroxylation is 2. The van der Waals surface area contributed by atoms with Crippen LogP contribution in [0.4, 0.5) is 0 Å². The molecule has 1 heterocycles. The molecule has 0 aliphatic heterocycles. The number of primary sulfonamides is 1. The van der Waals surface area contributed by atoms with Crippen LogP contribution in [0.1, 0.15) is 47.8 Å². The second kappa shape index (κ2) is 10.2. The van der Waals surface area contributed by atoms with Crippen molar-refractivity contribution in [2.45, 2.75) is 62.4 Å². The molecule has 180 valence electrons. The van der Waals surface area contributed by atoms with Gasteiger partial charge < -0.3 is 0 Å². The molecule has 0 spiro atoms. The molecule has 0 atom stereocenters. The fourth-order valence-electron chi connectivity index (χ4n) is 4.43. The van der Waals surface area contributed by atoms with Crippen molar-refractivity contribution in [2.75, 3.05) is 5.75 Å². The predicted molar refractivity (Wildman–Crippen MR) is 134 cm³/mol. The van der Waals surface area contributed by atoms with Gasteiger partial charge in [-0.1, -0.05) is 42.4 Å². The van der Waals surface area contributed by atoms with Gasteiger partial charge in [0.2, 0.25) is 10.0 Å². The van der Waals surface area contributed by atoms with Gasteiger partial charge in [-0.2, -0.15) is 0 Å². The number of Topliss-reactive ketones (excluding diaryl/α,β-unsaturated/α-hetero) is 1. The van der Waals surface area contributed by atoms with E-state index < -0.39 is 10.0 Å². The maximum Gasteiger partial charge on any atom is 0.238 e. The summed E-state index contributed by atoms with van der Waals surface area (Å²) in [6, 6.07) is 8.51. The molecule has 3 aromatic rings. The molecule has 0 saturated heterocycles. The Balaban J connectivity index is 1.53. The summed E-state index contributed by atoms with van der Waals surface area (Å²) < 4.78 is 25.0. The van der Waals surface area contributed by atoms with Crippen molar-refractivity contribution in [1.29, 1.82) is 0 Å². The van der Waals surface area contributed by atoms with E-state index in [0.717, 1.165) is 30.8 Å². The number of carbonyl (C=O) groups excluding carboxylic acids is 1. The maximum absolute atomic E-state index is 12.7. The van der Waals surface area contributed by atoms with Crippen LogP contribution in [0.2, 0.25) is 5.02 Å². The highest BCUT2D eigenvalue weighted by atomic mass is 35.5. The van der Waals surface area contributed by atoms with Crippen molar-refractivity contribution in [3.8, 4) is 5.69 Å². The molecule has 0 amide bonds. The van der Waals surface area contributed by atoms with E-state index in [1.54, 1.807) is 0 Å². The van der Waals surface area contributed by atoms with E-state index in [9.17, 15) is 13.2 Å². The van der Waals surface area contributed by atoms with Gasteiger partial charge in [-0.05, 0) is 79.5 Å². The van der Waals surface area contributed by atoms with Crippen LogP contribution in [-0.2, 0) is 40.5 Å². The fraction of sp³-hybridized carbons (Fsp3) is 0.375. The van der Waals surface area contributed by atoms with E-state index in [1.807, 2.05) is 6.92 Å². The molecule has 4 rings (SSSR count). The Labute approximate surface area is 209 Å². The molecule has 1 aliphatic rings. The summed E-state index contributed by atoms with van der Waals surface area (Å²) >= 11 is 7.54. The lowest BCUT2D eigenvalue weighted by Crippen LogP contribution is -2.13. The molecule has 0 radical (unpaired) electrons. The third-order valence-corrected chi connectivity index (χ3v) is 8.38. The topological polar surface area (TPSA) is 108 Å². The lowest BCUT2D eigenvalue weighted by Gasteiger charge is -2.23. The van der Waals surface area contributed by atoms with Crippen LogP contribution >= 0.6 is 23.4 Å². The van der Waals surface area contributed by atoms with E-state index in [-0.39, 0.29) is 27.9 Å². The fourth-order valence-corrected chi connectivity index (χ4v) is 6.14. The predicted octanol–water partition coefficient (Wildman–Crippen LogP) is 4.22. The Morgan fingerprint density at radius 3 is 2.50 bits per heavy atom. The first-order valence-corrected chi connectivity index (χ1v) is 14.1. The summed E-state index contributed by atoms with van der Waals surface area (Å²) in [6.07, 6.45) is 5.61. The third kappa shape index (κ3) is 5.22. The van der Waals surface area contributed by atoms with Gasteiger partial charge in [0.15, 0.2) is 5.16 Å². The molecule has 2 aromatic carbocycles. The average Bonchev–Trinajstić information content (AvgIpc) is 3.17. The van der Waals surface area contributed by atoms with Crippen molar-refractivity contribution in [1.82, 2.24) is 14.8 Å². The smallest absolute Gasteiger partial charge is 0.238 e. The second-order valence-electron chi connectivity index (χ2n) is 8.43. The van der Waals surface area contributed by atoms with Gasteiger partial charge in [-0.25, -0.2) is 13.6 Å². The number of halogens is 1. The first kappa shape index (κ1) is 24.9. The van der Waals surface area contributed by atoms with E-state index in [2.05, 4.69) is 33.8 Å². The highest BCUT2D eigenvalue weighted by molar-refractivity contribution is 7.99. The monoisotopic (exact) mass is 518 g/mol. The van der Waals surface area contributed by atoms with Gasteiger partial charge in [-0.15, -0.1) is 10.2 Å². The van der Waals surface area contributed by atoms with Gasteiger partial charge in [0, 0.05) is 11.4 Å². The minimum absolute atomic E-state index is 0.0502. The van der Waals surface area contributed by atoms with Crippen molar-refractivity contribution in [3.63, 3.8) is 0 Å². The van der Waals surface area contributed by atoms with Crippen molar-refractivity contribution >= 4 is 39.2 Å². The molecular weight excluding hydrogens is 492 g/mol. The lowest BCUT2D eigenvalue weighted by molar-refractivity contribution is -0.116. The van der Waals surface area contributed by atoms with Gasteiger partial charge in [0.1, 0.15) is 11.6 Å². The van der Waals surface area contributed by atoms with E-state index >= 15 is 0 Å². The Morgan fingerprint density at radius 1 is 1.12 bits per heavy atom. The Morgan fingerprint density at radius 2 is 1.82 bits per heavy atom. The van der Waals surface area contributed by atoms with Crippen LogP contribution in [0.15, 0.2) is 40.4 Å². The summed E-state index contributed by atoms with van der Waals surface area (Å²) in [4.78, 5) is 12.6. The molecule has 0 fully saturated rings. The number of carbonyl (C=O) groups is 1. The molecule has 1 aromatic heterocycles. The van der Waals surface area contributed by atoms with E-state index in [4.69, 9.17) is 16.7 Å². The normalized spacial score (nSPS) is 13.6. The van der Waals surface area contributed by atoms with E-state index in [0.29, 0.717) is 10.7 Å². The highest BCUT2D eigenvalue weighted by Gasteiger charge is 2.21. The van der Waals surface area contributed by atoms with Gasteiger partial charge in [-0.3, -0.25) is 9.36 Å².